The molecule has 6 nitrogen and oxygen atoms in total. The number of halogens is 1. The molecule has 0 spiro atoms. The third-order valence-electron chi connectivity index (χ3n) is 3.49. The van der Waals surface area contributed by atoms with Crippen molar-refractivity contribution in [2.45, 2.75) is 0 Å². The first-order chi connectivity index (χ1) is 13.1. The van der Waals surface area contributed by atoms with Gasteiger partial charge in [0.25, 0.3) is 5.91 Å². The van der Waals surface area contributed by atoms with Crippen LogP contribution in [-0.2, 0) is 4.79 Å². The quantitative estimate of drug-likeness (QED) is 0.698. The molecule has 0 atom stereocenters. The van der Waals surface area contributed by atoms with Gasteiger partial charge in [-0.2, -0.15) is 5.26 Å². The van der Waals surface area contributed by atoms with Crippen molar-refractivity contribution in [3.05, 3.63) is 57.4 Å². The molecule has 1 fully saturated rings. The maximum absolute atomic E-state index is 12.2. The van der Waals surface area contributed by atoms with Crippen molar-refractivity contribution in [2.24, 2.45) is 4.99 Å². The minimum absolute atomic E-state index is 0.0645. The minimum Gasteiger partial charge on any atom is -0.493 e. The Kier molecular flexibility index (Phi) is 6.16. The van der Waals surface area contributed by atoms with Crippen LogP contribution in [0.4, 0.5) is 5.69 Å². The number of ether oxygens (including phenoxy) is 2. The molecule has 136 valence electrons. The van der Waals surface area contributed by atoms with E-state index in [0.717, 1.165) is 15.7 Å². The summed E-state index contributed by atoms with van der Waals surface area (Å²) in [6, 6.07) is 14.6. The van der Waals surface area contributed by atoms with E-state index < -0.39 is 0 Å². The molecule has 1 heterocycles. The monoisotopic (exact) mass is 443 g/mol. The number of amidine groups is 1. The minimum atomic E-state index is -0.209. The molecule has 1 aliphatic rings. The van der Waals surface area contributed by atoms with E-state index in [-0.39, 0.29) is 12.5 Å². The molecule has 1 amide bonds. The van der Waals surface area contributed by atoms with E-state index >= 15 is 0 Å². The van der Waals surface area contributed by atoms with Crippen molar-refractivity contribution in [1.82, 2.24) is 5.32 Å². The maximum atomic E-state index is 12.2. The van der Waals surface area contributed by atoms with Crippen LogP contribution in [0, 0.1) is 11.3 Å². The van der Waals surface area contributed by atoms with Gasteiger partial charge in [0.05, 0.1) is 17.7 Å². The SMILES string of the molecule is COc1cc(C=C2SC(=Nc3ccc(Br)cc3)NC2=O)ccc1OCC#N. The highest BCUT2D eigenvalue weighted by Gasteiger charge is 2.24. The Balaban J connectivity index is 1.80. The van der Waals surface area contributed by atoms with Gasteiger partial charge < -0.3 is 14.8 Å². The van der Waals surface area contributed by atoms with Crippen LogP contribution in [0.25, 0.3) is 6.08 Å². The molecule has 0 saturated carbocycles. The summed E-state index contributed by atoms with van der Waals surface area (Å²) in [5.74, 6) is 0.758. The maximum Gasteiger partial charge on any atom is 0.264 e. The fourth-order valence-electron chi connectivity index (χ4n) is 2.27. The Morgan fingerprint density at radius 2 is 2.04 bits per heavy atom. The molecular formula is C19H14BrN3O3S. The first-order valence-corrected chi connectivity index (χ1v) is 9.43. The number of thioether (sulfide) groups is 1. The fourth-order valence-corrected chi connectivity index (χ4v) is 3.37. The summed E-state index contributed by atoms with van der Waals surface area (Å²) < 4.78 is 11.6. The number of benzene rings is 2. The average molecular weight is 444 g/mol. The van der Waals surface area contributed by atoms with Gasteiger partial charge in [-0.25, -0.2) is 4.99 Å². The zero-order valence-electron chi connectivity index (χ0n) is 14.2. The van der Waals surface area contributed by atoms with Crippen molar-refractivity contribution < 1.29 is 14.3 Å². The van der Waals surface area contributed by atoms with Gasteiger partial charge in [0.2, 0.25) is 0 Å². The Bertz CT molecular complexity index is 965. The zero-order chi connectivity index (χ0) is 19.2. The first kappa shape index (κ1) is 19.0. The standard InChI is InChI=1S/C19H14BrN3O3S/c1-25-16-10-12(2-7-15(16)26-9-8-21)11-17-18(24)23-19(27-17)22-14-5-3-13(20)4-6-14/h2-7,10-11H,9H2,1H3,(H,22,23,24). The molecule has 2 aromatic rings. The Morgan fingerprint density at radius 3 is 2.74 bits per heavy atom. The number of rotatable bonds is 5. The van der Waals surface area contributed by atoms with Gasteiger partial charge >= 0.3 is 0 Å². The molecule has 0 bridgehead atoms. The van der Waals surface area contributed by atoms with Gasteiger partial charge in [0.15, 0.2) is 23.3 Å². The highest BCUT2D eigenvalue weighted by atomic mass is 79.9. The number of hydrogen-bond donors (Lipinski definition) is 1. The summed E-state index contributed by atoms with van der Waals surface area (Å²) in [6.45, 7) is -0.0645. The van der Waals surface area contributed by atoms with Gasteiger partial charge in [-0.1, -0.05) is 22.0 Å². The molecule has 1 aliphatic heterocycles. The van der Waals surface area contributed by atoms with Gasteiger partial charge in [0, 0.05) is 4.47 Å². The molecule has 3 rings (SSSR count). The fraction of sp³-hybridized carbons (Fsp3) is 0.105. The number of hydrogen-bond acceptors (Lipinski definition) is 6. The summed E-state index contributed by atoms with van der Waals surface area (Å²) in [6.07, 6.45) is 1.75. The number of nitriles is 1. The van der Waals surface area contributed by atoms with Crippen LogP contribution in [0.3, 0.4) is 0 Å². The van der Waals surface area contributed by atoms with Crippen molar-refractivity contribution in [2.75, 3.05) is 13.7 Å². The van der Waals surface area contributed by atoms with Crippen LogP contribution in [0.2, 0.25) is 0 Å². The van der Waals surface area contributed by atoms with Crippen LogP contribution in [-0.4, -0.2) is 24.8 Å². The van der Waals surface area contributed by atoms with E-state index in [9.17, 15) is 4.79 Å². The topological polar surface area (TPSA) is 83.7 Å². The van der Waals surface area contributed by atoms with Crippen LogP contribution in [0.15, 0.2) is 56.8 Å². The van der Waals surface area contributed by atoms with E-state index in [1.165, 1.54) is 18.9 Å². The van der Waals surface area contributed by atoms with E-state index in [2.05, 4.69) is 26.2 Å². The summed E-state index contributed by atoms with van der Waals surface area (Å²) in [7, 11) is 1.52. The van der Waals surface area contributed by atoms with Crippen molar-refractivity contribution in [3.8, 4) is 17.6 Å². The molecule has 0 aliphatic carbocycles. The van der Waals surface area contributed by atoms with Crippen LogP contribution in [0.5, 0.6) is 11.5 Å². The lowest BCUT2D eigenvalue weighted by molar-refractivity contribution is -0.115. The molecule has 8 heteroatoms. The third-order valence-corrected chi connectivity index (χ3v) is 4.92. The number of methoxy groups -OCH3 is 1. The lowest BCUT2D eigenvalue weighted by Gasteiger charge is -2.08. The second kappa shape index (κ2) is 8.75. The second-order valence-electron chi connectivity index (χ2n) is 5.32. The molecule has 27 heavy (non-hydrogen) atoms. The van der Waals surface area contributed by atoms with E-state index in [0.29, 0.717) is 21.6 Å². The molecule has 2 aromatic carbocycles. The van der Waals surface area contributed by atoms with Gasteiger partial charge in [-0.15, -0.1) is 0 Å². The normalized spacial score (nSPS) is 16.3. The van der Waals surface area contributed by atoms with Crippen LogP contribution >= 0.6 is 27.7 Å². The molecule has 0 aromatic heterocycles. The van der Waals surface area contributed by atoms with Crippen LogP contribution < -0.4 is 14.8 Å². The van der Waals surface area contributed by atoms with Gasteiger partial charge in [-0.05, 0) is 59.8 Å². The van der Waals surface area contributed by atoms with Crippen molar-refractivity contribution in [3.63, 3.8) is 0 Å². The summed E-state index contributed by atoms with van der Waals surface area (Å²) in [5, 5.41) is 11.9. The predicted molar refractivity (Wildman–Crippen MR) is 109 cm³/mol. The molecule has 1 saturated heterocycles. The smallest absolute Gasteiger partial charge is 0.264 e. The predicted octanol–water partition coefficient (Wildman–Crippen LogP) is 4.25. The van der Waals surface area contributed by atoms with Crippen molar-refractivity contribution in [1.29, 1.82) is 5.26 Å². The lowest BCUT2D eigenvalue weighted by Crippen LogP contribution is -2.19. The number of carbonyl (C=O) groups excluding carboxylic acids is 1. The highest BCUT2D eigenvalue weighted by Crippen LogP contribution is 2.32. The zero-order valence-corrected chi connectivity index (χ0v) is 16.6. The molecule has 0 radical (unpaired) electrons. The summed E-state index contributed by atoms with van der Waals surface area (Å²) in [4.78, 5) is 17.2. The van der Waals surface area contributed by atoms with Gasteiger partial charge in [-0.3, -0.25) is 4.79 Å². The first-order valence-electron chi connectivity index (χ1n) is 7.82. The molecular weight excluding hydrogens is 430 g/mol. The summed E-state index contributed by atoms with van der Waals surface area (Å²) in [5.41, 5.74) is 1.53. The number of amides is 1. The Hall–Kier alpha value is -2.76. The number of nitrogens with one attached hydrogen (secondary N) is 1. The molecule has 1 N–H and O–H groups in total. The number of aliphatic imine (C=N–C) groups is 1. The van der Waals surface area contributed by atoms with Crippen LogP contribution in [0.1, 0.15) is 5.56 Å². The Morgan fingerprint density at radius 1 is 1.26 bits per heavy atom. The van der Waals surface area contributed by atoms with Crippen molar-refractivity contribution >= 4 is 50.5 Å². The van der Waals surface area contributed by atoms with E-state index in [4.69, 9.17) is 14.7 Å². The highest BCUT2D eigenvalue weighted by molar-refractivity contribution is 9.10. The lowest BCUT2D eigenvalue weighted by atomic mass is 10.2. The Labute approximate surface area is 169 Å². The number of nitrogens with zero attached hydrogens (tertiary/aromatic N) is 2. The third kappa shape index (κ3) is 4.90. The second-order valence-corrected chi connectivity index (χ2v) is 7.26. The summed E-state index contributed by atoms with van der Waals surface area (Å²) >= 11 is 4.65. The van der Waals surface area contributed by atoms with Gasteiger partial charge in [0.1, 0.15) is 6.07 Å². The largest absolute Gasteiger partial charge is 0.493 e. The van der Waals surface area contributed by atoms with E-state index in [1.807, 2.05) is 30.3 Å². The average Bonchev–Trinajstić information content (AvgIpc) is 3.01. The number of carbonyl (C=O) groups is 1. The molecule has 0 unspecified atom stereocenters. The van der Waals surface area contributed by atoms with E-state index in [1.54, 1.807) is 24.3 Å².